The molecule has 1 aliphatic heterocycles. The second kappa shape index (κ2) is 10.4. The third kappa shape index (κ3) is 5.83. The molecular weight excluding hydrogens is 386 g/mol. The van der Waals surface area contributed by atoms with Crippen LogP contribution in [-0.2, 0) is 23.9 Å². The molecule has 2 aromatic carbocycles. The number of esters is 2. The highest BCUT2D eigenvalue weighted by Gasteiger charge is 2.28. The van der Waals surface area contributed by atoms with Crippen LogP contribution in [0.4, 0.5) is 0 Å². The Labute approximate surface area is 175 Å². The quantitative estimate of drug-likeness (QED) is 0.652. The van der Waals surface area contributed by atoms with Crippen molar-refractivity contribution in [2.75, 3.05) is 33.4 Å². The van der Waals surface area contributed by atoms with Gasteiger partial charge in [-0.25, -0.2) is 4.79 Å². The minimum Gasteiger partial charge on any atom is -0.482 e. The Hall–Kier alpha value is -3.35. The van der Waals surface area contributed by atoms with Crippen LogP contribution < -0.4 is 4.74 Å². The number of rotatable bonds is 7. The van der Waals surface area contributed by atoms with Gasteiger partial charge in [0.05, 0.1) is 13.0 Å². The molecule has 0 unspecified atom stereocenters. The van der Waals surface area contributed by atoms with Crippen LogP contribution in [0.1, 0.15) is 12.8 Å². The Morgan fingerprint density at radius 1 is 0.900 bits per heavy atom. The summed E-state index contributed by atoms with van der Waals surface area (Å²) in [5, 5.41) is 0. The molecule has 1 amide bonds. The van der Waals surface area contributed by atoms with Crippen molar-refractivity contribution in [3.63, 3.8) is 0 Å². The third-order valence-electron chi connectivity index (χ3n) is 5.06. The fraction of sp³-hybridized carbons (Fsp3) is 0.348. The molecule has 0 saturated carbocycles. The van der Waals surface area contributed by atoms with Crippen LogP contribution in [0.25, 0.3) is 11.1 Å². The van der Waals surface area contributed by atoms with E-state index in [4.69, 9.17) is 14.2 Å². The standard InChI is InChI=1S/C23H25NO6/c1-28-23(27)19-11-13-24(14-12-19)21(25)15-30-22(26)16-29-20-9-7-18(8-10-20)17-5-3-2-4-6-17/h2-10,19H,11-16H2,1H3. The summed E-state index contributed by atoms with van der Waals surface area (Å²) in [6.45, 7) is 0.279. The molecule has 1 heterocycles. The number of carbonyl (C=O) groups is 3. The summed E-state index contributed by atoms with van der Waals surface area (Å²) >= 11 is 0. The molecule has 2 aromatic rings. The Morgan fingerprint density at radius 3 is 2.17 bits per heavy atom. The lowest BCUT2D eigenvalue weighted by Gasteiger charge is -2.30. The van der Waals surface area contributed by atoms with Crippen molar-refractivity contribution in [1.82, 2.24) is 4.90 Å². The van der Waals surface area contributed by atoms with E-state index < -0.39 is 5.97 Å². The first-order valence-corrected chi connectivity index (χ1v) is 9.86. The maximum absolute atomic E-state index is 12.2. The van der Waals surface area contributed by atoms with E-state index in [1.807, 2.05) is 42.5 Å². The van der Waals surface area contributed by atoms with Gasteiger partial charge in [0.15, 0.2) is 13.2 Å². The monoisotopic (exact) mass is 411 g/mol. The van der Waals surface area contributed by atoms with Crippen molar-refractivity contribution in [2.24, 2.45) is 5.92 Å². The number of hydrogen-bond donors (Lipinski definition) is 0. The number of methoxy groups -OCH3 is 1. The van der Waals surface area contributed by atoms with Crippen LogP contribution in [0.3, 0.4) is 0 Å². The summed E-state index contributed by atoms with van der Waals surface area (Å²) in [6.07, 6.45) is 1.10. The van der Waals surface area contributed by atoms with Gasteiger partial charge in [0.2, 0.25) is 0 Å². The van der Waals surface area contributed by atoms with Gasteiger partial charge in [-0.15, -0.1) is 0 Å². The molecular formula is C23H25NO6. The predicted octanol–water partition coefficient (Wildman–Crippen LogP) is 2.69. The minimum absolute atomic E-state index is 0.178. The lowest BCUT2D eigenvalue weighted by atomic mass is 9.97. The molecule has 7 nitrogen and oxygen atoms in total. The van der Waals surface area contributed by atoms with Gasteiger partial charge in [0, 0.05) is 13.1 Å². The molecule has 0 aromatic heterocycles. The maximum Gasteiger partial charge on any atom is 0.344 e. The molecule has 1 aliphatic rings. The average Bonchev–Trinajstić information content (AvgIpc) is 2.81. The van der Waals surface area contributed by atoms with Crippen molar-refractivity contribution < 1.29 is 28.6 Å². The van der Waals surface area contributed by atoms with Crippen LogP contribution in [0.15, 0.2) is 54.6 Å². The average molecular weight is 411 g/mol. The highest BCUT2D eigenvalue weighted by atomic mass is 16.6. The minimum atomic E-state index is -0.611. The Morgan fingerprint density at radius 2 is 1.53 bits per heavy atom. The molecule has 0 aliphatic carbocycles. The van der Waals surface area contributed by atoms with Crippen LogP contribution in [-0.4, -0.2) is 56.2 Å². The number of carbonyl (C=O) groups excluding carboxylic acids is 3. The molecule has 0 bridgehead atoms. The summed E-state index contributed by atoms with van der Waals surface area (Å²) in [7, 11) is 1.36. The number of nitrogens with zero attached hydrogens (tertiary/aromatic N) is 1. The fourth-order valence-electron chi connectivity index (χ4n) is 3.32. The number of benzene rings is 2. The second-order valence-electron chi connectivity index (χ2n) is 7.02. The number of ether oxygens (including phenoxy) is 3. The first-order chi connectivity index (χ1) is 14.6. The summed E-state index contributed by atoms with van der Waals surface area (Å²) in [4.78, 5) is 37.2. The number of likely N-dealkylation sites (tertiary alicyclic amines) is 1. The number of piperidine rings is 1. The van der Waals surface area contributed by atoms with Gasteiger partial charge >= 0.3 is 11.9 Å². The maximum atomic E-state index is 12.2. The highest BCUT2D eigenvalue weighted by molar-refractivity contribution is 5.81. The van der Waals surface area contributed by atoms with E-state index in [9.17, 15) is 14.4 Å². The molecule has 0 atom stereocenters. The van der Waals surface area contributed by atoms with Gasteiger partial charge in [0.1, 0.15) is 5.75 Å². The zero-order valence-electron chi connectivity index (χ0n) is 16.9. The summed E-state index contributed by atoms with van der Waals surface area (Å²) in [6, 6.07) is 17.3. The Kier molecular flexibility index (Phi) is 7.43. The number of hydrogen-bond acceptors (Lipinski definition) is 6. The first-order valence-electron chi connectivity index (χ1n) is 9.86. The smallest absolute Gasteiger partial charge is 0.344 e. The van der Waals surface area contributed by atoms with Gasteiger partial charge < -0.3 is 19.1 Å². The molecule has 0 N–H and O–H groups in total. The van der Waals surface area contributed by atoms with Crippen molar-refractivity contribution in [2.45, 2.75) is 12.8 Å². The summed E-state index contributed by atoms with van der Waals surface area (Å²) in [5.74, 6) is -0.771. The highest BCUT2D eigenvalue weighted by Crippen LogP contribution is 2.22. The van der Waals surface area contributed by atoms with E-state index in [-0.39, 0.29) is 31.0 Å². The van der Waals surface area contributed by atoms with Crippen molar-refractivity contribution >= 4 is 17.8 Å². The van der Waals surface area contributed by atoms with Crippen molar-refractivity contribution in [3.8, 4) is 16.9 Å². The third-order valence-corrected chi connectivity index (χ3v) is 5.06. The fourth-order valence-corrected chi connectivity index (χ4v) is 3.32. The first kappa shape index (κ1) is 21.4. The van der Waals surface area contributed by atoms with Gasteiger partial charge in [-0.1, -0.05) is 42.5 Å². The second-order valence-corrected chi connectivity index (χ2v) is 7.02. The van der Waals surface area contributed by atoms with E-state index in [0.717, 1.165) is 11.1 Å². The summed E-state index contributed by atoms with van der Waals surface area (Å²) < 4.78 is 15.2. The molecule has 0 radical (unpaired) electrons. The number of amides is 1. The zero-order chi connectivity index (χ0) is 21.3. The van der Waals surface area contributed by atoms with E-state index in [0.29, 0.717) is 31.7 Å². The predicted molar refractivity (Wildman–Crippen MR) is 110 cm³/mol. The van der Waals surface area contributed by atoms with Gasteiger partial charge in [-0.2, -0.15) is 0 Å². The van der Waals surface area contributed by atoms with Crippen molar-refractivity contribution in [1.29, 1.82) is 0 Å². The molecule has 1 fully saturated rings. The molecule has 7 heteroatoms. The molecule has 158 valence electrons. The van der Waals surface area contributed by atoms with E-state index >= 15 is 0 Å². The van der Waals surface area contributed by atoms with Crippen LogP contribution >= 0.6 is 0 Å². The largest absolute Gasteiger partial charge is 0.482 e. The topological polar surface area (TPSA) is 82.1 Å². The lowest BCUT2D eigenvalue weighted by Crippen LogP contribution is -2.42. The molecule has 30 heavy (non-hydrogen) atoms. The van der Waals surface area contributed by atoms with Gasteiger partial charge in [-0.3, -0.25) is 9.59 Å². The lowest BCUT2D eigenvalue weighted by molar-refractivity contribution is -0.155. The van der Waals surface area contributed by atoms with Gasteiger partial charge in [-0.05, 0) is 36.1 Å². The summed E-state index contributed by atoms with van der Waals surface area (Å²) in [5.41, 5.74) is 2.14. The van der Waals surface area contributed by atoms with E-state index in [1.54, 1.807) is 17.0 Å². The van der Waals surface area contributed by atoms with Crippen molar-refractivity contribution in [3.05, 3.63) is 54.6 Å². The van der Waals surface area contributed by atoms with E-state index in [2.05, 4.69) is 0 Å². The van der Waals surface area contributed by atoms with E-state index in [1.165, 1.54) is 7.11 Å². The van der Waals surface area contributed by atoms with Crippen LogP contribution in [0.5, 0.6) is 5.75 Å². The zero-order valence-corrected chi connectivity index (χ0v) is 16.9. The SMILES string of the molecule is COC(=O)C1CCN(C(=O)COC(=O)COc2ccc(-c3ccccc3)cc2)CC1. The molecule has 0 spiro atoms. The van der Waals surface area contributed by atoms with Crippen LogP contribution in [0.2, 0.25) is 0 Å². The molecule has 1 saturated heterocycles. The Balaban J connectivity index is 1.38. The van der Waals surface area contributed by atoms with Gasteiger partial charge in [0.25, 0.3) is 5.91 Å². The van der Waals surface area contributed by atoms with Crippen LogP contribution in [0, 0.1) is 5.92 Å². The Bertz CT molecular complexity index is 857. The molecule has 3 rings (SSSR count). The normalized spacial score (nSPS) is 14.1.